The largest absolute Gasteiger partial charge is 0.309 e. The molecule has 0 amide bonds. The summed E-state index contributed by atoms with van der Waals surface area (Å²) in [7, 11) is 0. The molecule has 0 aromatic heterocycles. The van der Waals surface area contributed by atoms with E-state index in [1.54, 1.807) is 0 Å². The van der Waals surface area contributed by atoms with Crippen LogP contribution in [0.2, 0.25) is 0 Å². The maximum Gasteiger partial charge on any atom is 0.0561 e. The quantitative estimate of drug-likeness (QED) is 0.0705. The van der Waals surface area contributed by atoms with Crippen molar-refractivity contribution in [1.82, 2.24) is 0 Å². The third kappa shape index (κ3) is 11.4. The molecule has 0 heterocycles. The number of fused-ring (bicyclic) bond motifs is 8. The summed E-state index contributed by atoms with van der Waals surface area (Å²) in [5, 5.41) is 27.0. The Labute approximate surface area is 680 Å². The normalized spacial score (nSPS) is 11.9. The highest BCUT2D eigenvalue weighted by Gasteiger charge is 2.34. The fraction of sp³-hybridized carbons (Fsp3) is 0.143. The highest BCUT2D eigenvalue weighted by molar-refractivity contribution is 6.34. The van der Waals surface area contributed by atoms with Gasteiger partial charge in [-0.3, -0.25) is 0 Å². The molecule has 0 aliphatic carbocycles. The van der Waals surface area contributed by atoms with E-state index in [-0.39, 0.29) is 0 Å². The van der Waals surface area contributed by atoms with Gasteiger partial charge in [0.2, 0.25) is 0 Å². The van der Waals surface area contributed by atoms with Crippen molar-refractivity contribution < 1.29 is 0 Å². The minimum Gasteiger partial charge on any atom is -0.309 e. The SMILES string of the molecule is CCc1c(N(c2ccc3ccccc3c2CC)c2cc(N(c3ccc4ccccc4c3CC)c3ccc4ccccc4c3CC)c3ccc4c(N(c5ccc6ccccc6c5CC)c5ccc6ccccc6c5CC)cc(N(c5ccc6ccccc6c5CC)c5ccc6ccccc6c5CC)c5ccc2c3c54)ccc2ccccc12. The van der Waals surface area contributed by atoms with Crippen LogP contribution in [0.4, 0.5) is 68.2 Å². The summed E-state index contributed by atoms with van der Waals surface area (Å²) >= 11 is 0. The molecule has 20 rings (SSSR count). The van der Waals surface area contributed by atoms with Gasteiger partial charge < -0.3 is 19.6 Å². The minimum atomic E-state index is 0.811. The number of hydrogen-bond donors (Lipinski definition) is 0. The second-order valence-corrected chi connectivity index (χ2v) is 31.3. The first kappa shape index (κ1) is 71.7. The van der Waals surface area contributed by atoms with Crippen LogP contribution in [0.3, 0.4) is 0 Å². The molecule has 20 aromatic rings. The maximum absolute atomic E-state index is 2.73. The van der Waals surface area contributed by atoms with E-state index in [1.807, 2.05) is 0 Å². The molecule has 0 radical (unpaired) electrons. The van der Waals surface area contributed by atoms with Crippen LogP contribution in [0, 0.1) is 0 Å². The molecule has 0 atom stereocenters. The lowest BCUT2D eigenvalue weighted by Gasteiger charge is -2.37. The van der Waals surface area contributed by atoms with Gasteiger partial charge in [0, 0.05) is 77.8 Å². The third-order valence-electron chi connectivity index (χ3n) is 25.7. The van der Waals surface area contributed by atoms with Crippen LogP contribution in [-0.4, -0.2) is 0 Å². The first-order chi connectivity index (χ1) is 57.3. The second-order valence-electron chi connectivity index (χ2n) is 31.3. The van der Waals surface area contributed by atoms with Crippen LogP contribution >= 0.6 is 0 Å². The molecule has 4 heteroatoms. The Morgan fingerprint density at radius 2 is 0.276 bits per heavy atom. The number of anilines is 12. The lowest BCUT2D eigenvalue weighted by molar-refractivity contribution is 1.10. The van der Waals surface area contributed by atoms with Crippen molar-refractivity contribution in [3.05, 3.63) is 372 Å². The lowest BCUT2D eigenvalue weighted by atomic mass is 9.87. The van der Waals surface area contributed by atoms with Gasteiger partial charge in [-0.15, -0.1) is 0 Å². The molecule has 0 unspecified atom stereocenters. The first-order valence-corrected chi connectivity index (χ1v) is 42.3. The van der Waals surface area contributed by atoms with Gasteiger partial charge in [-0.05, 0) is 243 Å². The standard InChI is InChI=1S/C112H94N4/c1-9-79-87-41-25-17-33-71(87)49-61-99(79)113(100-62-50-72-34-18-26-42-88(72)80(100)10-2)107-69-108(114(101-63-51-73-35-19-27-43-89(73)81(101)11-3)102-64-52-74-36-20-28-44-90(74)82(102)12-4)96-59-60-98-110(116(105-67-55-77-39-23-31-47-93(77)85(105)15-7)106-68-56-78-40-24-32-48-94(78)86(106)16-8)70-109(97-58-57-95(107)111(96)112(97)98)115(103-65-53-75-37-21-29-45-91(75)83(103)13-5)104-66-54-76-38-22-30-46-92(76)84(104)14-6/h17-70H,9-16H2,1-8H3. The summed E-state index contributed by atoms with van der Waals surface area (Å²) in [6.07, 6.45) is 6.49. The Morgan fingerprint density at radius 1 is 0.138 bits per heavy atom. The predicted molar refractivity (Wildman–Crippen MR) is 504 cm³/mol. The average Bonchev–Trinajstić information content (AvgIpc) is 0.692. The fourth-order valence-electron chi connectivity index (χ4n) is 20.5. The molecule has 0 saturated carbocycles. The van der Waals surface area contributed by atoms with Crippen molar-refractivity contribution in [2.45, 2.75) is 107 Å². The fourth-order valence-corrected chi connectivity index (χ4v) is 20.5. The Bertz CT molecular complexity index is 6100. The van der Waals surface area contributed by atoms with Crippen molar-refractivity contribution in [3.8, 4) is 0 Å². The molecule has 4 nitrogen and oxygen atoms in total. The Balaban J connectivity index is 1.05. The van der Waals surface area contributed by atoms with Gasteiger partial charge in [0.25, 0.3) is 0 Å². The minimum absolute atomic E-state index is 0.811. The number of nitrogens with zero attached hydrogens (tertiary/aromatic N) is 4. The van der Waals surface area contributed by atoms with Crippen molar-refractivity contribution in [2.24, 2.45) is 0 Å². The van der Waals surface area contributed by atoms with Crippen LogP contribution in [0.25, 0.3) is 118 Å². The molecule has 0 fully saturated rings. The summed E-state index contributed by atoms with van der Waals surface area (Å²) < 4.78 is 0. The summed E-state index contributed by atoms with van der Waals surface area (Å²) in [6, 6.07) is 127. The Hall–Kier alpha value is -13.3. The van der Waals surface area contributed by atoms with Gasteiger partial charge in [-0.25, -0.2) is 0 Å². The molecule has 0 N–H and O–H groups in total. The van der Waals surface area contributed by atoms with Gasteiger partial charge >= 0.3 is 0 Å². The maximum atomic E-state index is 2.73. The van der Waals surface area contributed by atoms with Crippen LogP contribution in [-0.2, 0) is 51.4 Å². The van der Waals surface area contributed by atoms with Crippen LogP contribution in [0.15, 0.2) is 328 Å². The smallest absolute Gasteiger partial charge is 0.0561 e. The highest BCUT2D eigenvalue weighted by Crippen LogP contribution is 2.59. The van der Waals surface area contributed by atoms with E-state index in [0.29, 0.717) is 0 Å². The molecule has 116 heavy (non-hydrogen) atoms. The molecule has 562 valence electrons. The van der Waals surface area contributed by atoms with Gasteiger partial charge in [-0.2, -0.15) is 0 Å². The van der Waals surface area contributed by atoms with E-state index in [4.69, 9.17) is 0 Å². The van der Waals surface area contributed by atoms with Gasteiger partial charge in [-0.1, -0.05) is 322 Å². The van der Waals surface area contributed by atoms with Gasteiger partial charge in [0.15, 0.2) is 0 Å². The molecular formula is C112H94N4. The van der Waals surface area contributed by atoms with E-state index < -0.39 is 0 Å². The van der Waals surface area contributed by atoms with Crippen LogP contribution in [0.5, 0.6) is 0 Å². The molecule has 0 saturated heterocycles. The number of aryl methyl sites for hydroxylation is 8. The van der Waals surface area contributed by atoms with E-state index in [2.05, 4.69) is 403 Å². The Morgan fingerprint density at radius 3 is 0.414 bits per heavy atom. The summed E-state index contributed by atoms with van der Waals surface area (Å²) in [5.41, 5.74) is 24.2. The van der Waals surface area contributed by atoms with Gasteiger partial charge in [0.05, 0.1) is 22.7 Å². The molecule has 0 spiro atoms. The predicted octanol–water partition coefficient (Wildman–Crippen LogP) is 32.2. The molecular weight excluding hydrogens is 1400 g/mol. The van der Waals surface area contributed by atoms with E-state index in [0.717, 1.165) is 95.7 Å². The molecule has 0 bridgehead atoms. The van der Waals surface area contributed by atoms with Crippen molar-refractivity contribution in [1.29, 1.82) is 0 Å². The van der Waals surface area contributed by atoms with E-state index in [1.165, 1.54) is 187 Å². The number of rotatable bonds is 20. The summed E-state index contributed by atoms with van der Waals surface area (Å²) in [4.78, 5) is 10.9. The second kappa shape index (κ2) is 29.6. The van der Waals surface area contributed by atoms with E-state index in [9.17, 15) is 0 Å². The molecule has 0 aliphatic heterocycles. The third-order valence-corrected chi connectivity index (χ3v) is 25.7. The highest BCUT2D eigenvalue weighted by atomic mass is 15.2. The van der Waals surface area contributed by atoms with Crippen molar-refractivity contribution >= 4 is 187 Å². The zero-order valence-corrected chi connectivity index (χ0v) is 67.6. The zero-order valence-electron chi connectivity index (χ0n) is 67.6. The number of hydrogen-bond acceptors (Lipinski definition) is 4. The topological polar surface area (TPSA) is 13.0 Å². The lowest BCUT2D eigenvalue weighted by Crippen LogP contribution is -2.19. The monoisotopic (exact) mass is 1490 g/mol. The zero-order chi connectivity index (χ0) is 78.4. The summed E-state index contributed by atoms with van der Waals surface area (Å²) in [5.74, 6) is 0. The van der Waals surface area contributed by atoms with Crippen LogP contribution in [0.1, 0.15) is 99.9 Å². The molecule has 0 aliphatic rings. The van der Waals surface area contributed by atoms with E-state index >= 15 is 0 Å². The molecule has 20 aromatic carbocycles. The number of benzene rings is 20. The van der Waals surface area contributed by atoms with Crippen molar-refractivity contribution in [2.75, 3.05) is 19.6 Å². The van der Waals surface area contributed by atoms with Gasteiger partial charge in [0.1, 0.15) is 0 Å². The average molecular weight is 1500 g/mol. The summed E-state index contributed by atoms with van der Waals surface area (Å²) in [6.45, 7) is 18.9. The first-order valence-electron chi connectivity index (χ1n) is 42.3. The van der Waals surface area contributed by atoms with Crippen LogP contribution < -0.4 is 19.6 Å². The van der Waals surface area contributed by atoms with Crippen molar-refractivity contribution in [3.63, 3.8) is 0 Å². The Kier molecular flexibility index (Phi) is 18.3.